The minimum absolute atomic E-state index is 0.235. The van der Waals surface area contributed by atoms with E-state index in [1.165, 1.54) is 5.56 Å². The number of nitrogens with zero attached hydrogens (tertiary/aromatic N) is 1. The van der Waals surface area contributed by atoms with Crippen LogP contribution in [0.15, 0.2) is 54.6 Å². The standard InChI is InChI=1S/C26H34N2O4/c1-19-14-16-28(25(30)32-26(2,3)4)17-15-23(19)21-10-12-22(13-11-21)27-24(29)31-18-20-8-6-5-7-9-20/h5-13,19,23H,14-18H2,1-4H3,(H,27,29)/t19-,23-/m1/s1. The number of anilines is 1. The van der Waals surface area contributed by atoms with E-state index in [4.69, 9.17) is 9.47 Å². The van der Waals surface area contributed by atoms with Crippen molar-refractivity contribution in [3.8, 4) is 0 Å². The first-order chi connectivity index (χ1) is 15.2. The summed E-state index contributed by atoms with van der Waals surface area (Å²) in [7, 11) is 0. The highest BCUT2D eigenvalue weighted by Gasteiger charge is 2.29. The maximum Gasteiger partial charge on any atom is 0.411 e. The molecule has 2 atom stereocenters. The van der Waals surface area contributed by atoms with Gasteiger partial charge in [-0.25, -0.2) is 9.59 Å². The van der Waals surface area contributed by atoms with Gasteiger partial charge in [-0.2, -0.15) is 0 Å². The van der Waals surface area contributed by atoms with Gasteiger partial charge in [0.2, 0.25) is 0 Å². The fraction of sp³-hybridized carbons (Fsp3) is 0.462. The molecule has 0 radical (unpaired) electrons. The second-order valence-corrected chi connectivity index (χ2v) is 9.44. The lowest BCUT2D eigenvalue weighted by molar-refractivity contribution is 0.0255. The molecule has 0 spiro atoms. The quantitative estimate of drug-likeness (QED) is 0.618. The lowest BCUT2D eigenvalue weighted by atomic mass is 9.84. The van der Waals surface area contributed by atoms with Crippen LogP contribution in [0.3, 0.4) is 0 Å². The molecule has 0 aromatic heterocycles. The Bertz CT molecular complexity index is 890. The van der Waals surface area contributed by atoms with Crippen LogP contribution < -0.4 is 5.32 Å². The molecular weight excluding hydrogens is 404 g/mol. The molecule has 1 heterocycles. The number of nitrogens with one attached hydrogen (secondary N) is 1. The van der Waals surface area contributed by atoms with Gasteiger partial charge >= 0.3 is 12.2 Å². The molecule has 1 saturated heterocycles. The van der Waals surface area contributed by atoms with Crippen molar-refractivity contribution >= 4 is 17.9 Å². The first-order valence-electron chi connectivity index (χ1n) is 11.3. The number of ether oxygens (including phenoxy) is 2. The van der Waals surface area contributed by atoms with Gasteiger partial charge in [-0.05, 0) is 68.7 Å². The number of benzene rings is 2. The maximum absolute atomic E-state index is 12.5. The Balaban J connectivity index is 1.54. The number of rotatable bonds is 4. The Hall–Kier alpha value is -3.02. The third-order valence-corrected chi connectivity index (χ3v) is 5.70. The number of likely N-dealkylation sites (tertiary alicyclic amines) is 1. The predicted octanol–water partition coefficient (Wildman–Crippen LogP) is 6.19. The minimum atomic E-state index is -0.487. The summed E-state index contributed by atoms with van der Waals surface area (Å²) in [5.41, 5.74) is 2.37. The molecule has 0 saturated carbocycles. The van der Waals surface area contributed by atoms with Crippen molar-refractivity contribution in [1.82, 2.24) is 4.90 Å². The topological polar surface area (TPSA) is 67.9 Å². The van der Waals surface area contributed by atoms with Crippen molar-refractivity contribution in [3.63, 3.8) is 0 Å². The van der Waals surface area contributed by atoms with E-state index in [0.29, 0.717) is 30.6 Å². The molecule has 0 bridgehead atoms. The zero-order valence-electron chi connectivity index (χ0n) is 19.5. The Labute approximate surface area is 190 Å². The molecular formula is C26H34N2O4. The lowest BCUT2D eigenvalue weighted by Gasteiger charge is -2.26. The number of amides is 2. The van der Waals surface area contributed by atoms with Gasteiger partial charge in [-0.3, -0.25) is 5.32 Å². The molecule has 2 aromatic carbocycles. The van der Waals surface area contributed by atoms with Crippen LogP contribution in [0.25, 0.3) is 0 Å². The highest BCUT2D eigenvalue weighted by atomic mass is 16.6. The monoisotopic (exact) mass is 438 g/mol. The molecule has 172 valence electrons. The summed E-state index contributed by atoms with van der Waals surface area (Å²) in [4.78, 5) is 26.4. The first kappa shape index (κ1) is 23.6. The molecule has 2 amide bonds. The number of carbonyl (C=O) groups excluding carboxylic acids is 2. The van der Waals surface area contributed by atoms with Crippen molar-refractivity contribution in [2.75, 3.05) is 18.4 Å². The van der Waals surface area contributed by atoms with E-state index in [1.807, 2.05) is 68.1 Å². The molecule has 1 N–H and O–H groups in total. The van der Waals surface area contributed by atoms with Crippen molar-refractivity contribution < 1.29 is 19.1 Å². The van der Waals surface area contributed by atoms with Gasteiger partial charge in [-0.15, -0.1) is 0 Å². The third-order valence-electron chi connectivity index (χ3n) is 5.70. The smallest absolute Gasteiger partial charge is 0.411 e. The average Bonchev–Trinajstić information content (AvgIpc) is 2.94. The largest absolute Gasteiger partial charge is 0.444 e. The highest BCUT2D eigenvalue weighted by Crippen LogP contribution is 2.34. The van der Waals surface area contributed by atoms with Crippen LogP contribution >= 0.6 is 0 Å². The minimum Gasteiger partial charge on any atom is -0.444 e. The van der Waals surface area contributed by atoms with E-state index >= 15 is 0 Å². The summed E-state index contributed by atoms with van der Waals surface area (Å²) in [6.45, 7) is 9.52. The summed E-state index contributed by atoms with van der Waals surface area (Å²) < 4.78 is 10.8. The second kappa shape index (κ2) is 10.5. The Morgan fingerprint density at radius 2 is 1.66 bits per heavy atom. The van der Waals surface area contributed by atoms with Gasteiger partial charge < -0.3 is 14.4 Å². The highest BCUT2D eigenvalue weighted by molar-refractivity contribution is 5.84. The van der Waals surface area contributed by atoms with Gasteiger partial charge in [0.1, 0.15) is 12.2 Å². The zero-order chi connectivity index (χ0) is 23.1. The molecule has 6 nitrogen and oxygen atoms in total. The molecule has 0 unspecified atom stereocenters. The fourth-order valence-corrected chi connectivity index (χ4v) is 3.95. The average molecular weight is 439 g/mol. The van der Waals surface area contributed by atoms with Crippen LogP contribution in [-0.2, 0) is 16.1 Å². The lowest BCUT2D eigenvalue weighted by Crippen LogP contribution is -2.37. The van der Waals surface area contributed by atoms with E-state index in [1.54, 1.807) is 0 Å². The summed E-state index contributed by atoms with van der Waals surface area (Å²) in [6.07, 6.45) is 1.10. The summed E-state index contributed by atoms with van der Waals surface area (Å²) >= 11 is 0. The Kier molecular flexibility index (Phi) is 7.78. The molecule has 3 rings (SSSR count). The van der Waals surface area contributed by atoms with Gasteiger partial charge in [0.25, 0.3) is 0 Å². The van der Waals surface area contributed by atoms with Crippen LogP contribution in [0.4, 0.5) is 15.3 Å². The number of hydrogen-bond acceptors (Lipinski definition) is 4. The maximum atomic E-state index is 12.5. The molecule has 0 aliphatic carbocycles. The van der Waals surface area contributed by atoms with Crippen LogP contribution in [0.1, 0.15) is 57.6 Å². The van der Waals surface area contributed by atoms with Crippen LogP contribution in [0.5, 0.6) is 0 Å². The fourth-order valence-electron chi connectivity index (χ4n) is 3.95. The van der Waals surface area contributed by atoms with Crippen molar-refractivity contribution in [2.24, 2.45) is 5.92 Å². The Morgan fingerprint density at radius 3 is 2.31 bits per heavy atom. The predicted molar refractivity (Wildman–Crippen MR) is 126 cm³/mol. The number of hydrogen-bond donors (Lipinski definition) is 1. The first-order valence-corrected chi connectivity index (χ1v) is 11.3. The van der Waals surface area contributed by atoms with Gasteiger partial charge in [-0.1, -0.05) is 49.4 Å². The molecule has 1 aliphatic heterocycles. The SMILES string of the molecule is C[C@@H]1CCN(C(=O)OC(C)(C)C)CC[C@H]1c1ccc(NC(=O)OCc2ccccc2)cc1. The molecule has 1 aliphatic rings. The van der Waals surface area contributed by atoms with Crippen molar-refractivity contribution in [2.45, 2.75) is 58.7 Å². The molecule has 1 fully saturated rings. The molecule has 6 heteroatoms. The Morgan fingerprint density at radius 1 is 1.00 bits per heavy atom. The van der Waals surface area contributed by atoms with Crippen LogP contribution in [0.2, 0.25) is 0 Å². The zero-order valence-corrected chi connectivity index (χ0v) is 19.5. The third kappa shape index (κ3) is 7.01. The van der Waals surface area contributed by atoms with Crippen molar-refractivity contribution in [3.05, 3.63) is 65.7 Å². The number of carbonyl (C=O) groups is 2. The van der Waals surface area contributed by atoms with E-state index in [-0.39, 0.29) is 12.7 Å². The summed E-state index contributed by atoms with van der Waals surface area (Å²) in [5.74, 6) is 0.790. The van der Waals surface area contributed by atoms with Gasteiger partial charge in [0.15, 0.2) is 0 Å². The molecule has 32 heavy (non-hydrogen) atoms. The van der Waals surface area contributed by atoms with Crippen molar-refractivity contribution in [1.29, 1.82) is 0 Å². The van der Waals surface area contributed by atoms with E-state index < -0.39 is 11.7 Å². The van der Waals surface area contributed by atoms with Crippen LogP contribution in [0, 0.1) is 5.92 Å². The normalized spacial score (nSPS) is 19.1. The van der Waals surface area contributed by atoms with E-state index in [0.717, 1.165) is 18.4 Å². The van der Waals surface area contributed by atoms with E-state index in [9.17, 15) is 9.59 Å². The van der Waals surface area contributed by atoms with E-state index in [2.05, 4.69) is 24.4 Å². The van der Waals surface area contributed by atoms with Crippen LogP contribution in [-0.4, -0.2) is 35.8 Å². The molecule has 2 aromatic rings. The summed E-state index contributed by atoms with van der Waals surface area (Å²) in [6, 6.07) is 17.5. The van der Waals surface area contributed by atoms with Gasteiger partial charge in [0, 0.05) is 18.8 Å². The summed E-state index contributed by atoms with van der Waals surface area (Å²) in [5, 5.41) is 2.78. The van der Waals surface area contributed by atoms with Gasteiger partial charge in [0.05, 0.1) is 0 Å². The second-order valence-electron chi connectivity index (χ2n) is 9.44.